The molecule has 0 aliphatic carbocycles. The Morgan fingerprint density at radius 1 is 0.882 bits per heavy atom. The molecule has 3 aromatic carbocycles. The highest BCUT2D eigenvalue weighted by Gasteiger charge is 2.27. The summed E-state index contributed by atoms with van der Waals surface area (Å²) in [7, 11) is 1.68. The van der Waals surface area contributed by atoms with Gasteiger partial charge >= 0.3 is 0 Å². The minimum Gasteiger partial charge on any atom is -0.495 e. The van der Waals surface area contributed by atoms with Crippen molar-refractivity contribution >= 4 is 11.6 Å². The predicted octanol–water partition coefficient (Wildman–Crippen LogP) is 4.21. The molecule has 1 aliphatic heterocycles. The zero-order chi connectivity index (χ0) is 23.5. The Balaban J connectivity index is 1.40. The van der Waals surface area contributed by atoms with Crippen LogP contribution in [0.15, 0.2) is 78.9 Å². The van der Waals surface area contributed by atoms with Gasteiger partial charge in [0.25, 0.3) is 5.91 Å². The number of anilines is 1. The van der Waals surface area contributed by atoms with Crippen molar-refractivity contribution in [2.45, 2.75) is 6.92 Å². The summed E-state index contributed by atoms with van der Waals surface area (Å²) in [6.07, 6.45) is 0. The van der Waals surface area contributed by atoms with Crippen molar-refractivity contribution < 1.29 is 9.53 Å². The number of carbonyl (C=O) groups excluding carboxylic acids is 1. The summed E-state index contributed by atoms with van der Waals surface area (Å²) in [6, 6.07) is 25.9. The topological polar surface area (TPSA) is 63.5 Å². The number of piperazine rings is 1. The van der Waals surface area contributed by atoms with Gasteiger partial charge in [0, 0.05) is 31.7 Å². The Morgan fingerprint density at radius 3 is 2.35 bits per heavy atom. The maximum atomic E-state index is 13.4. The maximum absolute atomic E-state index is 13.4. The van der Waals surface area contributed by atoms with Gasteiger partial charge in [-0.3, -0.25) is 4.79 Å². The number of hydrogen-bond acceptors (Lipinski definition) is 5. The number of para-hydroxylation sites is 2. The monoisotopic (exact) mass is 453 g/mol. The molecule has 0 radical (unpaired) electrons. The smallest absolute Gasteiger partial charge is 0.293 e. The predicted molar refractivity (Wildman–Crippen MR) is 133 cm³/mol. The van der Waals surface area contributed by atoms with Crippen LogP contribution in [0.4, 0.5) is 5.69 Å². The fraction of sp³-hybridized carbons (Fsp3) is 0.222. The Bertz CT molecular complexity index is 1290. The van der Waals surface area contributed by atoms with Crippen molar-refractivity contribution in [3.63, 3.8) is 0 Å². The van der Waals surface area contributed by atoms with E-state index in [-0.39, 0.29) is 11.7 Å². The molecule has 172 valence electrons. The molecule has 0 bridgehead atoms. The van der Waals surface area contributed by atoms with Crippen molar-refractivity contribution in [1.82, 2.24) is 19.7 Å². The normalized spacial score (nSPS) is 13.7. The van der Waals surface area contributed by atoms with Gasteiger partial charge in [0.2, 0.25) is 5.82 Å². The Morgan fingerprint density at radius 2 is 1.62 bits per heavy atom. The third kappa shape index (κ3) is 4.24. The zero-order valence-corrected chi connectivity index (χ0v) is 19.4. The number of nitrogens with zero attached hydrogens (tertiary/aromatic N) is 5. The molecule has 34 heavy (non-hydrogen) atoms. The second-order valence-corrected chi connectivity index (χ2v) is 8.33. The number of carbonyl (C=O) groups is 1. The zero-order valence-electron chi connectivity index (χ0n) is 19.4. The van der Waals surface area contributed by atoms with Crippen LogP contribution in [-0.2, 0) is 0 Å². The molecule has 1 aliphatic rings. The minimum atomic E-state index is -0.150. The van der Waals surface area contributed by atoms with Crippen LogP contribution in [0, 0.1) is 6.92 Å². The van der Waals surface area contributed by atoms with E-state index in [1.807, 2.05) is 90.7 Å². The summed E-state index contributed by atoms with van der Waals surface area (Å²) in [5, 5.41) is 4.66. The van der Waals surface area contributed by atoms with Crippen molar-refractivity contribution in [2.24, 2.45) is 0 Å². The second-order valence-electron chi connectivity index (χ2n) is 8.33. The standard InChI is InChI=1S/C27H27N5O2/c1-20-9-8-12-22(19-20)32-26(21-10-4-3-5-11-21)28-25(29-32)27(33)31-17-15-30(16-18-31)23-13-6-7-14-24(23)34-2/h3-14,19H,15-18H2,1-2H3. The number of aryl methyl sites for hydroxylation is 1. The van der Waals surface area contributed by atoms with Crippen LogP contribution in [0.3, 0.4) is 0 Å². The van der Waals surface area contributed by atoms with Crippen LogP contribution in [0.2, 0.25) is 0 Å². The first-order valence-electron chi connectivity index (χ1n) is 11.4. The summed E-state index contributed by atoms with van der Waals surface area (Å²) in [5.41, 5.74) is 3.96. The molecule has 0 atom stereocenters. The first-order chi connectivity index (χ1) is 16.6. The van der Waals surface area contributed by atoms with Gasteiger partial charge in [-0.05, 0) is 36.8 Å². The molecule has 0 spiro atoms. The maximum Gasteiger partial charge on any atom is 0.293 e. The molecule has 1 amide bonds. The van der Waals surface area contributed by atoms with Gasteiger partial charge in [0.05, 0.1) is 18.5 Å². The SMILES string of the molecule is COc1ccccc1N1CCN(C(=O)c2nc(-c3ccccc3)n(-c3cccc(C)c3)n2)CC1. The highest BCUT2D eigenvalue weighted by atomic mass is 16.5. The lowest BCUT2D eigenvalue weighted by atomic mass is 10.2. The van der Waals surface area contributed by atoms with Crippen LogP contribution in [0.25, 0.3) is 17.1 Å². The van der Waals surface area contributed by atoms with Crippen molar-refractivity contribution in [2.75, 3.05) is 38.2 Å². The molecule has 5 rings (SSSR count). The van der Waals surface area contributed by atoms with E-state index < -0.39 is 0 Å². The van der Waals surface area contributed by atoms with Crippen LogP contribution < -0.4 is 9.64 Å². The van der Waals surface area contributed by atoms with E-state index in [9.17, 15) is 4.79 Å². The Labute approximate surface area is 199 Å². The Kier molecular flexibility index (Phi) is 5.99. The highest BCUT2D eigenvalue weighted by Crippen LogP contribution is 2.29. The molecule has 0 unspecified atom stereocenters. The fourth-order valence-electron chi connectivity index (χ4n) is 4.30. The van der Waals surface area contributed by atoms with E-state index in [4.69, 9.17) is 9.72 Å². The Hall–Kier alpha value is -4.13. The van der Waals surface area contributed by atoms with Gasteiger partial charge in [-0.15, -0.1) is 5.10 Å². The van der Waals surface area contributed by atoms with Crippen LogP contribution in [0.1, 0.15) is 16.2 Å². The first kappa shape index (κ1) is 21.7. The molecule has 0 saturated carbocycles. The van der Waals surface area contributed by atoms with E-state index in [0.717, 1.165) is 41.3 Å². The summed E-state index contributed by atoms with van der Waals surface area (Å²) >= 11 is 0. The average Bonchev–Trinajstić information content (AvgIpc) is 3.34. The van der Waals surface area contributed by atoms with E-state index in [0.29, 0.717) is 18.9 Å². The third-order valence-corrected chi connectivity index (χ3v) is 6.07. The largest absolute Gasteiger partial charge is 0.495 e. The molecule has 4 aromatic rings. The molecule has 2 heterocycles. The van der Waals surface area contributed by atoms with Crippen LogP contribution in [0.5, 0.6) is 5.75 Å². The average molecular weight is 454 g/mol. The molecular weight excluding hydrogens is 426 g/mol. The van der Waals surface area contributed by atoms with E-state index >= 15 is 0 Å². The van der Waals surface area contributed by atoms with Gasteiger partial charge in [-0.2, -0.15) is 0 Å². The van der Waals surface area contributed by atoms with Gasteiger partial charge in [-0.1, -0.05) is 54.6 Å². The number of hydrogen-bond donors (Lipinski definition) is 0. The van der Waals surface area contributed by atoms with E-state index in [1.54, 1.807) is 11.8 Å². The van der Waals surface area contributed by atoms with Gasteiger partial charge in [-0.25, -0.2) is 9.67 Å². The number of methoxy groups -OCH3 is 1. The summed E-state index contributed by atoms with van der Waals surface area (Å²) < 4.78 is 7.27. The van der Waals surface area contributed by atoms with Crippen molar-refractivity contribution in [3.8, 4) is 22.8 Å². The number of benzene rings is 3. The molecule has 1 aromatic heterocycles. The van der Waals surface area contributed by atoms with Crippen LogP contribution in [-0.4, -0.2) is 58.9 Å². The molecule has 0 N–H and O–H groups in total. The van der Waals surface area contributed by atoms with Crippen LogP contribution >= 0.6 is 0 Å². The van der Waals surface area contributed by atoms with Crippen molar-refractivity contribution in [3.05, 3.63) is 90.3 Å². The molecular formula is C27H27N5O2. The molecule has 7 nitrogen and oxygen atoms in total. The van der Waals surface area contributed by atoms with Gasteiger partial charge in [0.15, 0.2) is 5.82 Å². The highest BCUT2D eigenvalue weighted by molar-refractivity contribution is 5.91. The molecule has 1 saturated heterocycles. The van der Waals surface area contributed by atoms with E-state index in [1.165, 1.54) is 0 Å². The lowest BCUT2D eigenvalue weighted by Crippen LogP contribution is -2.49. The lowest BCUT2D eigenvalue weighted by molar-refractivity contribution is 0.0734. The minimum absolute atomic E-state index is 0.150. The molecule has 1 fully saturated rings. The first-order valence-corrected chi connectivity index (χ1v) is 11.4. The second kappa shape index (κ2) is 9.39. The number of ether oxygens (including phenoxy) is 1. The number of amides is 1. The number of rotatable bonds is 5. The molecule has 7 heteroatoms. The van der Waals surface area contributed by atoms with Crippen molar-refractivity contribution in [1.29, 1.82) is 0 Å². The summed E-state index contributed by atoms with van der Waals surface area (Å²) in [4.78, 5) is 22.2. The van der Waals surface area contributed by atoms with Gasteiger partial charge in [0.1, 0.15) is 5.75 Å². The van der Waals surface area contributed by atoms with Gasteiger partial charge < -0.3 is 14.5 Å². The fourth-order valence-corrected chi connectivity index (χ4v) is 4.30. The summed E-state index contributed by atoms with van der Waals surface area (Å²) in [6.45, 7) is 4.66. The van der Waals surface area contributed by atoms with E-state index in [2.05, 4.69) is 10.00 Å². The quantitative estimate of drug-likeness (QED) is 0.453. The summed E-state index contributed by atoms with van der Waals surface area (Å²) in [5.74, 6) is 1.56. The third-order valence-electron chi connectivity index (χ3n) is 6.07. The lowest BCUT2D eigenvalue weighted by Gasteiger charge is -2.36. The number of aromatic nitrogens is 3.